The molecule has 0 radical (unpaired) electrons. The first kappa shape index (κ1) is 27.0. The maximum atomic E-state index is 12.6. The standard InChI is InChI=1S/C28H28F3N3O4/c1-18(33-17-21-6-4-5-7-25(21)38-28(29,30)31)35-19(2)36-23-13-14-24-26(16-23)37-27(34-24)15-10-20-8-11-22(32-3)12-9-20/h4-16,18-19,32-33H,17H2,1-3H3/b15-10+. The summed E-state index contributed by atoms with van der Waals surface area (Å²) in [5.41, 5.74) is 3.64. The molecule has 0 aliphatic carbocycles. The van der Waals surface area contributed by atoms with Crippen LogP contribution < -0.4 is 20.1 Å². The molecule has 2 unspecified atom stereocenters. The number of aromatic nitrogens is 1. The Hall–Kier alpha value is -4.02. The van der Waals surface area contributed by atoms with E-state index in [9.17, 15) is 13.2 Å². The number of alkyl halides is 3. The number of rotatable bonds is 11. The monoisotopic (exact) mass is 527 g/mol. The molecule has 0 bridgehead atoms. The predicted molar refractivity (Wildman–Crippen MR) is 140 cm³/mol. The third-order valence-electron chi connectivity index (χ3n) is 5.47. The van der Waals surface area contributed by atoms with Gasteiger partial charge in [0.05, 0.1) is 0 Å². The number of para-hydroxylation sites is 1. The van der Waals surface area contributed by atoms with E-state index in [-0.39, 0.29) is 12.3 Å². The van der Waals surface area contributed by atoms with Crippen molar-refractivity contribution in [3.8, 4) is 11.5 Å². The van der Waals surface area contributed by atoms with Crippen molar-refractivity contribution in [3.05, 3.63) is 83.7 Å². The minimum Gasteiger partial charge on any atom is -0.465 e. The molecular weight excluding hydrogens is 499 g/mol. The lowest BCUT2D eigenvalue weighted by Gasteiger charge is -2.22. The average Bonchev–Trinajstić information content (AvgIpc) is 3.28. The molecule has 0 amide bonds. The van der Waals surface area contributed by atoms with Crippen LogP contribution in [0.1, 0.15) is 30.9 Å². The van der Waals surface area contributed by atoms with Crippen LogP contribution >= 0.6 is 0 Å². The van der Waals surface area contributed by atoms with Crippen LogP contribution in [0.2, 0.25) is 0 Å². The highest BCUT2D eigenvalue weighted by Gasteiger charge is 2.32. The van der Waals surface area contributed by atoms with E-state index in [1.165, 1.54) is 12.1 Å². The molecule has 1 aromatic heterocycles. The van der Waals surface area contributed by atoms with Crippen molar-refractivity contribution in [2.45, 2.75) is 39.3 Å². The zero-order valence-electron chi connectivity index (χ0n) is 21.1. The van der Waals surface area contributed by atoms with Gasteiger partial charge < -0.3 is 23.9 Å². The maximum absolute atomic E-state index is 12.6. The third kappa shape index (κ3) is 7.74. The van der Waals surface area contributed by atoms with Gasteiger partial charge in [0.25, 0.3) is 0 Å². The van der Waals surface area contributed by atoms with Gasteiger partial charge in [-0.25, -0.2) is 4.98 Å². The van der Waals surface area contributed by atoms with Gasteiger partial charge in [0.2, 0.25) is 5.89 Å². The number of anilines is 1. The molecule has 1 heterocycles. The van der Waals surface area contributed by atoms with E-state index in [0.717, 1.165) is 11.3 Å². The second-order valence-electron chi connectivity index (χ2n) is 8.39. The second kappa shape index (κ2) is 12.0. The SMILES string of the molecule is CNc1ccc(/C=C/c2nc3ccc(OC(C)OC(C)NCc4ccccc4OC(F)(F)F)cc3o2)cc1. The lowest BCUT2D eigenvalue weighted by molar-refractivity contribution is -0.274. The zero-order valence-corrected chi connectivity index (χ0v) is 21.1. The first-order valence-electron chi connectivity index (χ1n) is 11.9. The lowest BCUT2D eigenvalue weighted by atomic mass is 10.2. The highest BCUT2D eigenvalue weighted by Crippen LogP contribution is 2.27. The van der Waals surface area contributed by atoms with Gasteiger partial charge in [0.15, 0.2) is 11.9 Å². The number of oxazole rings is 1. The minimum absolute atomic E-state index is 0.111. The Kier molecular flexibility index (Phi) is 8.55. The van der Waals surface area contributed by atoms with Crippen molar-refractivity contribution in [2.75, 3.05) is 12.4 Å². The van der Waals surface area contributed by atoms with E-state index in [1.54, 1.807) is 50.3 Å². The fourth-order valence-electron chi connectivity index (χ4n) is 3.68. The molecule has 3 aromatic carbocycles. The van der Waals surface area contributed by atoms with Crippen molar-refractivity contribution < 1.29 is 31.8 Å². The van der Waals surface area contributed by atoms with Gasteiger partial charge in [-0.2, -0.15) is 0 Å². The van der Waals surface area contributed by atoms with Crippen molar-refractivity contribution in [1.82, 2.24) is 10.3 Å². The smallest absolute Gasteiger partial charge is 0.465 e. The first-order chi connectivity index (χ1) is 18.2. The van der Waals surface area contributed by atoms with E-state index in [2.05, 4.69) is 20.4 Å². The molecule has 2 N–H and O–H groups in total. The molecular formula is C28H28F3N3O4. The summed E-state index contributed by atoms with van der Waals surface area (Å²) in [5, 5.41) is 6.10. The van der Waals surface area contributed by atoms with Gasteiger partial charge >= 0.3 is 6.36 Å². The molecule has 4 rings (SSSR count). The van der Waals surface area contributed by atoms with Crippen LogP contribution in [-0.4, -0.2) is 30.9 Å². The van der Waals surface area contributed by atoms with E-state index in [0.29, 0.717) is 28.3 Å². The fraction of sp³-hybridized carbons (Fsp3) is 0.250. The summed E-state index contributed by atoms with van der Waals surface area (Å²) in [7, 11) is 1.87. The quantitative estimate of drug-likeness (QED) is 0.207. The highest BCUT2D eigenvalue weighted by molar-refractivity contribution is 5.77. The Morgan fingerprint density at radius 2 is 1.76 bits per heavy atom. The van der Waals surface area contributed by atoms with E-state index in [4.69, 9.17) is 13.9 Å². The third-order valence-corrected chi connectivity index (χ3v) is 5.47. The summed E-state index contributed by atoms with van der Waals surface area (Å²) in [4.78, 5) is 4.47. The van der Waals surface area contributed by atoms with Crippen molar-refractivity contribution in [2.24, 2.45) is 0 Å². The van der Waals surface area contributed by atoms with Crippen LogP contribution in [0.4, 0.5) is 18.9 Å². The van der Waals surface area contributed by atoms with Crippen molar-refractivity contribution >= 4 is 28.9 Å². The molecule has 2 atom stereocenters. The lowest BCUT2D eigenvalue weighted by Crippen LogP contribution is -2.33. The van der Waals surface area contributed by atoms with Gasteiger partial charge in [-0.05, 0) is 55.8 Å². The summed E-state index contributed by atoms with van der Waals surface area (Å²) in [6.07, 6.45) is -2.22. The zero-order chi connectivity index (χ0) is 27.1. The van der Waals surface area contributed by atoms with Crippen LogP contribution in [0.15, 0.2) is 71.1 Å². The Morgan fingerprint density at radius 1 is 1.00 bits per heavy atom. The van der Waals surface area contributed by atoms with E-state index < -0.39 is 18.9 Å². The topological polar surface area (TPSA) is 77.8 Å². The predicted octanol–water partition coefficient (Wildman–Crippen LogP) is 6.82. The van der Waals surface area contributed by atoms with Crippen LogP contribution in [0, 0.1) is 0 Å². The van der Waals surface area contributed by atoms with Gasteiger partial charge in [0.1, 0.15) is 23.2 Å². The second-order valence-corrected chi connectivity index (χ2v) is 8.39. The van der Waals surface area contributed by atoms with Crippen molar-refractivity contribution in [1.29, 1.82) is 0 Å². The van der Waals surface area contributed by atoms with Crippen LogP contribution in [0.3, 0.4) is 0 Å². The molecule has 38 heavy (non-hydrogen) atoms. The number of fused-ring (bicyclic) bond motifs is 1. The molecule has 200 valence electrons. The summed E-state index contributed by atoms with van der Waals surface area (Å²) < 4.78 is 59.4. The highest BCUT2D eigenvalue weighted by atomic mass is 19.4. The van der Waals surface area contributed by atoms with Gasteiger partial charge in [-0.15, -0.1) is 13.2 Å². The Balaban J connectivity index is 1.31. The molecule has 10 heteroatoms. The average molecular weight is 528 g/mol. The number of nitrogens with one attached hydrogen (secondary N) is 2. The molecule has 4 aromatic rings. The largest absolute Gasteiger partial charge is 0.573 e. The fourth-order valence-corrected chi connectivity index (χ4v) is 3.68. The molecule has 0 saturated carbocycles. The minimum atomic E-state index is -4.76. The summed E-state index contributed by atoms with van der Waals surface area (Å²) in [5.74, 6) is 0.729. The van der Waals surface area contributed by atoms with E-state index >= 15 is 0 Å². The molecule has 0 saturated heterocycles. The summed E-state index contributed by atoms with van der Waals surface area (Å²) >= 11 is 0. The number of halogens is 3. The number of hydrogen-bond acceptors (Lipinski definition) is 7. The van der Waals surface area contributed by atoms with Crippen molar-refractivity contribution in [3.63, 3.8) is 0 Å². The normalized spacial score (nSPS) is 13.5. The molecule has 0 spiro atoms. The maximum Gasteiger partial charge on any atom is 0.573 e. The van der Waals surface area contributed by atoms with Crippen LogP contribution in [-0.2, 0) is 11.3 Å². The first-order valence-corrected chi connectivity index (χ1v) is 11.9. The Labute approximate surface area is 218 Å². The van der Waals surface area contributed by atoms with E-state index in [1.807, 2.05) is 37.4 Å². The van der Waals surface area contributed by atoms with Crippen LogP contribution in [0.25, 0.3) is 23.3 Å². The molecule has 0 aliphatic rings. The number of nitrogens with zero attached hydrogens (tertiary/aromatic N) is 1. The van der Waals surface area contributed by atoms with Gasteiger partial charge in [0, 0.05) is 37.0 Å². The summed E-state index contributed by atoms with van der Waals surface area (Å²) in [6, 6.07) is 19.2. The summed E-state index contributed by atoms with van der Waals surface area (Å²) in [6.45, 7) is 3.56. The molecule has 0 aliphatic heterocycles. The number of benzene rings is 3. The number of hydrogen-bond donors (Lipinski definition) is 2. The van der Waals surface area contributed by atoms with Gasteiger partial charge in [-0.3, -0.25) is 5.32 Å². The Bertz CT molecular complexity index is 1370. The molecule has 0 fully saturated rings. The number of ether oxygens (including phenoxy) is 3. The Morgan fingerprint density at radius 3 is 2.50 bits per heavy atom. The van der Waals surface area contributed by atoms with Crippen LogP contribution in [0.5, 0.6) is 11.5 Å². The van der Waals surface area contributed by atoms with Gasteiger partial charge in [-0.1, -0.05) is 30.3 Å². The molecule has 7 nitrogen and oxygen atoms in total.